The van der Waals surface area contributed by atoms with Crippen LogP contribution in [0.2, 0.25) is 10.0 Å². The van der Waals surface area contributed by atoms with E-state index in [1.165, 1.54) is 12.1 Å². The van der Waals surface area contributed by atoms with Gasteiger partial charge in [0.1, 0.15) is 5.82 Å². The topological polar surface area (TPSA) is 30.5 Å². The molecule has 0 bridgehead atoms. The van der Waals surface area contributed by atoms with E-state index in [9.17, 15) is 4.39 Å². The summed E-state index contributed by atoms with van der Waals surface area (Å²) in [5.74, 6) is 0.755. The molecule has 2 rings (SSSR count). The normalized spacial score (nSPS) is 10.4. The Morgan fingerprint density at radius 3 is 2.59 bits per heavy atom. The van der Waals surface area contributed by atoms with E-state index in [1.807, 2.05) is 6.92 Å². The van der Waals surface area contributed by atoms with E-state index in [0.717, 1.165) is 5.56 Å². The van der Waals surface area contributed by atoms with Gasteiger partial charge in [0, 0.05) is 28.9 Å². The third kappa shape index (κ3) is 3.96. The molecule has 2 aromatic carbocycles. The van der Waals surface area contributed by atoms with Gasteiger partial charge in [-0.25, -0.2) is 4.39 Å². The second kappa shape index (κ2) is 7.56. The maximum atomic E-state index is 13.2. The zero-order valence-electron chi connectivity index (χ0n) is 12.3. The Balaban J connectivity index is 2.24. The van der Waals surface area contributed by atoms with Gasteiger partial charge >= 0.3 is 0 Å². The van der Waals surface area contributed by atoms with E-state index in [1.54, 1.807) is 25.3 Å². The molecule has 0 saturated carbocycles. The van der Waals surface area contributed by atoms with Gasteiger partial charge in [0.2, 0.25) is 0 Å². The fourth-order valence-corrected chi connectivity index (χ4v) is 2.43. The highest BCUT2D eigenvalue weighted by atomic mass is 35.5. The number of halogens is 3. The lowest BCUT2D eigenvalue weighted by molar-refractivity contribution is 0.308. The summed E-state index contributed by atoms with van der Waals surface area (Å²) in [4.78, 5) is 0. The van der Waals surface area contributed by atoms with Crippen molar-refractivity contribution in [2.24, 2.45) is 0 Å². The highest BCUT2D eigenvalue weighted by Crippen LogP contribution is 2.35. The minimum Gasteiger partial charge on any atom is -0.493 e. The van der Waals surface area contributed by atoms with Gasteiger partial charge in [0.05, 0.1) is 18.7 Å². The van der Waals surface area contributed by atoms with Crippen molar-refractivity contribution in [3.05, 3.63) is 51.8 Å². The van der Waals surface area contributed by atoms with Gasteiger partial charge in [-0.15, -0.1) is 0 Å². The first-order valence-electron chi connectivity index (χ1n) is 6.73. The van der Waals surface area contributed by atoms with E-state index < -0.39 is 5.82 Å². The summed E-state index contributed by atoms with van der Waals surface area (Å²) in [6.45, 7) is 2.84. The van der Waals surface area contributed by atoms with Crippen molar-refractivity contribution < 1.29 is 13.9 Å². The van der Waals surface area contributed by atoms with Crippen LogP contribution in [-0.2, 0) is 6.54 Å². The Bertz CT molecular complexity index is 665. The molecule has 0 fully saturated rings. The van der Waals surface area contributed by atoms with Crippen LogP contribution >= 0.6 is 23.2 Å². The highest BCUT2D eigenvalue weighted by molar-refractivity contribution is 6.31. The molecule has 0 aliphatic rings. The first kappa shape index (κ1) is 16.7. The molecular formula is C16H16Cl2FNO2. The Morgan fingerprint density at radius 1 is 1.18 bits per heavy atom. The van der Waals surface area contributed by atoms with E-state index in [2.05, 4.69) is 5.32 Å². The molecule has 22 heavy (non-hydrogen) atoms. The number of hydrogen-bond acceptors (Lipinski definition) is 3. The molecule has 0 atom stereocenters. The van der Waals surface area contributed by atoms with E-state index in [-0.39, 0.29) is 5.02 Å². The Morgan fingerprint density at radius 2 is 1.95 bits per heavy atom. The zero-order valence-corrected chi connectivity index (χ0v) is 13.8. The second-order valence-electron chi connectivity index (χ2n) is 4.51. The minimum absolute atomic E-state index is 0.0682. The fraction of sp³-hybridized carbons (Fsp3) is 0.250. The Hall–Kier alpha value is -1.65. The quantitative estimate of drug-likeness (QED) is 0.786. The van der Waals surface area contributed by atoms with Crippen LogP contribution in [0.25, 0.3) is 0 Å². The van der Waals surface area contributed by atoms with Crippen molar-refractivity contribution in [1.29, 1.82) is 0 Å². The van der Waals surface area contributed by atoms with Crippen molar-refractivity contribution >= 4 is 28.9 Å². The molecule has 0 aliphatic carbocycles. The predicted octanol–water partition coefficient (Wildman–Crippen LogP) is 5.15. The molecule has 0 spiro atoms. The largest absolute Gasteiger partial charge is 0.493 e. The second-order valence-corrected chi connectivity index (χ2v) is 5.36. The summed E-state index contributed by atoms with van der Waals surface area (Å²) in [7, 11) is 1.56. The van der Waals surface area contributed by atoms with Gasteiger partial charge in [0.15, 0.2) is 11.5 Å². The zero-order chi connectivity index (χ0) is 16.1. The van der Waals surface area contributed by atoms with Crippen LogP contribution in [0.15, 0.2) is 30.3 Å². The standard InChI is InChI=1S/C16H16Cl2FNO2/c1-3-22-16-10(6-11(17)7-15(16)21-2)9-20-12-4-5-14(19)13(18)8-12/h4-8,20H,3,9H2,1-2H3. The number of methoxy groups -OCH3 is 1. The van der Waals surface area contributed by atoms with Crippen molar-refractivity contribution in [1.82, 2.24) is 0 Å². The summed E-state index contributed by atoms with van der Waals surface area (Å²) in [5, 5.41) is 3.78. The van der Waals surface area contributed by atoms with Crippen LogP contribution in [-0.4, -0.2) is 13.7 Å². The average Bonchev–Trinajstić information content (AvgIpc) is 2.50. The first-order valence-corrected chi connectivity index (χ1v) is 7.48. The van der Waals surface area contributed by atoms with Crippen LogP contribution in [0.1, 0.15) is 12.5 Å². The third-order valence-electron chi connectivity index (χ3n) is 3.01. The Labute approximate surface area is 138 Å². The van der Waals surface area contributed by atoms with Crippen LogP contribution < -0.4 is 14.8 Å². The monoisotopic (exact) mass is 343 g/mol. The van der Waals surface area contributed by atoms with Gasteiger partial charge in [0.25, 0.3) is 0 Å². The number of rotatable bonds is 6. The lowest BCUT2D eigenvalue weighted by atomic mass is 10.1. The molecule has 6 heteroatoms. The predicted molar refractivity (Wildman–Crippen MR) is 87.9 cm³/mol. The summed E-state index contributed by atoms with van der Waals surface area (Å²) in [5.41, 5.74) is 1.54. The van der Waals surface area contributed by atoms with Crippen LogP contribution in [0, 0.1) is 5.82 Å². The molecule has 118 valence electrons. The van der Waals surface area contributed by atoms with Gasteiger partial charge in [-0.1, -0.05) is 23.2 Å². The first-order chi connectivity index (χ1) is 10.5. The lowest BCUT2D eigenvalue weighted by Crippen LogP contribution is -2.05. The maximum Gasteiger partial charge on any atom is 0.166 e. The van der Waals surface area contributed by atoms with E-state index in [4.69, 9.17) is 32.7 Å². The summed E-state index contributed by atoms with van der Waals surface area (Å²) < 4.78 is 24.1. The molecule has 0 radical (unpaired) electrons. The number of ether oxygens (including phenoxy) is 2. The maximum absolute atomic E-state index is 13.2. The van der Waals surface area contributed by atoms with Crippen molar-refractivity contribution in [3.8, 4) is 11.5 Å². The molecule has 0 aromatic heterocycles. The number of nitrogens with one attached hydrogen (secondary N) is 1. The van der Waals surface area contributed by atoms with E-state index >= 15 is 0 Å². The van der Waals surface area contributed by atoms with Crippen LogP contribution in [0.4, 0.5) is 10.1 Å². The van der Waals surface area contributed by atoms with Crippen molar-refractivity contribution in [3.63, 3.8) is 0 Å². The SMILES string of the molecule is CCOc1c(CNc2ccc(F)c(Cl)c2)cc(Cl)cc1OC. The summed E-state index contributed by atoms with van der Waals surface area (Å²) in [6.07, 6.45) is 0. The molecule has 0 amide bonds. The van der Waals surface area contributed by atoms with Gasteiger partial charge in [-0.3, -0.25) is 0 Å². The summed E-state index contributed by atoms with van der Waals surface area (Å²) in [6, 6.07) is 7.95. The Kier molecular flexibility index (Phi) is 5.75. The van der Waals surface area contributed by atoms with Gasteiger partial charge in [-0.05, 0) is 31.2 Å². The average molecular weight is 344 g/mol. The summed E-state index contributed by atoms with van der Waals surface area (Å²) >= 11 is 11.9. The minimum atomic E-state index is -0.452. The van der Waals surface area contributed by atoms with Crippen LogP contribution in [0.5, 0.6) is 11.5 Å². The molecular weight excluding hydrogens is 328 g/mol. The fourth-order valence-electron chi connectivity index (χ4n) is 2.02. The molecule has 0 heterocycles. The van der Waals surface area contributed by atoms with Gasteiger partial charge in [-0.2, -0.15) is 0 Å². The van der Waals surface area contributed by atoms with Crippen molar-refractivity contribution in [2.45, 2.75) is 13.5 Å². The highest BCUT2D eigenvalue weighted by Gasteiger charge is 2.12. The lowest BCUT2D eigenvalue weighted by Gasteiger charge is -2.16. The molecule has 0 saturated heterocycles. The number of benzene rings is 2. The van der Waals surface area contributed by atoms with E-state index in [0.29, 0.717) is 35.4 Å². The molecule has 0 aliphatic heterocycles. The van der Waals surface area contributed by atoms with Crippen LogP contribution in [0.3, 0.4) is 0 Å². The molecule has 1 N–H and O–H groups in total. The molecule has 0 unspecified atom stereocenters. The molecule has 3 nitrogen and oxygen atoms in total. The smallest absolute Gasteiger partial charge is 0.166 e. The molecule has 2 aromatic rings. The van der Waals surface area contributed by atoms with Crippen molar-refractivity contribution in [2.75, 3.05) is 19.0 Å². The van der Waals surface area contributed by atoms with Gasteiger partial charge < -0.3 is 14.8 Å². The number of hydrogen-bond donors (Lipinski definition) is 1. The third-order valence-corrected chi connectivity index (χ3v) is 3.52. The number of anilines is 1.